The molecule has 1 radical (unpaired) electrons. The van der Waals surface area contributed by atoms with Crippen molar-refractivity contribution in [3.63, 3.8) is 0 Å². The third kappa shape index (κ3) is 4.26. The molecule has 0 saturated carbocycles. The molecule has 0 spiro atoms. The molecule has 8 nitrogen and oxygen atoms in total. The number of unbranched alkanes of at least 4 members (excludes halogenated alkanes) is 1. The van der Waals surface area contributed by atoms with E-state index in [2.05, 4.69) is 0 Å². The van der Waals surface area contributed by atoms with Gasteiger partial charge in [-0.2, -0.15) is 0 Å². The van der Waals surface area contributed by atoms with Crippen molar-refractivity contribution in [2.45, 2.75) is 19.8 Å². The summed E-state index contributed by atoms with van der Waals surface area (Å²) in [5.41, 5.74) is 0.430. The fourth-order valence-corrected chi connectivity index (χ4v) is 3.29. The van der Waals surface area contributed by atoms with Gasteiger partial charge in [-0.3, -0.25) is 4.79 Å². The highest BCUT2D eigenvalue weighted by Crippen LogP contribution is 2.44. The molecule has 3 aromatic rings. The summed E-state index contributed by atoms with van der Waals surface area (Å²) < 4.78 is 39.0. The van der Waals surface area contributed by atoms with Gasteiger partial charge in [0.1, 0.15) is 29.1 Å². The van der Waals surface area contributed by atoms with Crippen LogP contribution in [0.3, 0.4) is 0 Å². The van der Waals surface area contributed by atoms with Crippen LogP contribution in [-0.4, -0.2) is 35.5 Å². The summed E-state index contributed by atoms with van der Waals surface area (Å²) in [6.07, 6.45) is 1.52. The second kappa shape index (κ2) is 10.2. The molecule has 2 aromatic carbocycles. The number of ether oxygens (including phenoxy) is 6. The van der Waals surface area contributed by atoms with Crippen LogP contribution < -0.4 is 33.8 Å². The first-order chi connectivity index (χ1) is 15.5. The van der Waals surface area contributed by atoms with Crippen molar-refractivity contribution in [2.24, 2.45) is 0 Å². The van der Waals surface area contributed by atoms with Crippen molar-refractivity contribution in [1.29, 1.82) is 0 Å². The molecule has 0 fully saturated rings. The third-order valence-corrected chi connectivity index (χ3v) is 4.88. The molecule has 3 rings (SSSR count). The van der Waals surface area contributed by atoms with Crippen LogP contribution in [-0.2, 0) is 0 Å². The molecule has 1 aromatic heterocycles. The van der Waals surface area contributed by atoms with Crippen molar-refractivity contribution in [2.75, 3.05) is 35.5 Å². The number of rotatable bonds is 10. The first-order valence-electron chi connectivity index (χ1n) is 10.0. The Balaban J connectivity index is 2.36. The highest BCUT2D eigenvalue weighted by Gasteiger charge is 2.24. The van der Waals surface area contributed by atoms with E-state index in [1.807, 2.05) is 6.92 Å². The molecule has 0 saturated heterocycles. The van der Waals surface area contributed by atoms with Crippen LogP contribution in [0.1, 0.15) is 19.8 Å². The Kier molecular flexibility index (Phi) is 7.35. The normalized spacial score (nSPS) is 10.7. The van der Waals surface area contributed by atoms with Gasteiger partial charge in [0.25, 0.3) is 0 Å². The lowest BCUT2D eigenvalue weighted by Gasteiger charge is -2.16. The zero-order valence-electron chi connectivity index (χ0n) is 19.1. The van der Waals surface area contributed by atoms with Crippen molar-refractivity contribution in [3.8, 4) is 45.8 Å². The van der Waals surface area contributed by atoms with Crippen molar-refractivity contribution < 1.29 is 32.8 Å². The maximum absolute atomic E-state index is 13.5. The SMILES string of the molecule is CCC[CH]Oc1c(-c2cc(OC)c(OC)c(OC)c2)oc2cc(OC)cc(OC)c2c1=O. The number of hydrogen-bond acceptors (Lipinski definition) is 8. The standard InChI is InChI=1S/C24H27O8/c1-7-8-9-31-24-21(25)20-16(27-3)12-15(26-2)13-17(20)32-22(24)14-10-18(28-4)23(30-6)19(11-14)29-5/h9-13H,7-8H2,1-6H3. The van der Waals surface area contributed by atoms with E-state index in [1.165, 1.54) is 35.5 Å². The highest BCUT2D eigenvalue weighted by molar-refractivity contribution is 5.89. The van der Waals surface area contributed by atoms with E-state index in [0.717, 1.165) is 6.42 Å². The summed E-state index contributed by atoms with van der Waals surface area (Å²) in [5, 5.41) is 0.254. The second-order valence-corrected chi connectivity index (χ2v) is 6.78. The largest absolute Gasteiger partial charge is 0.496 e. The Morgan fingerprint density at radius 3 is 2.00 bits per heavy atom. The first-order valence-corrected chi connectivity index (χ1v) is 10.0. The molecule has 0 amide bonds. The minimum absolute atomic E-state index is 0.0312. The molecule has 0 unspecified atom stereocenters. The van der Waals surface area contributed by atoms with Crippen LogP contribution in [0.5, 0.6) is 34.5 Å². The monoisotopic (exact) mass is 443 g/mol. The van der Waals surface area contributed by atoms with Crippen LogP contribution in [0.4, 0.5) is 0 Å². The lowest BCUT2D eigenvalue weighted by molar-refractivity contribution is 0.324. The van der Waals surface area contributed by atoms with E-state index in [0.29, 0.717) is 40.7 Å². The lowest BCUT2D eigenvalue weighted by Crippen LogP contribution is -2.10. The Bertz CT molecular complexity index is 1120. The first kappa shape index (κ1) is 23.1. The minimum Gasteiger partial charge on any atom is -0.496 e. The smallest absolute Gasteiger partial charge is 0.239 e. The van der Waals surface area contributed by atoms with E-state index >= 15 is 0 Å². The van der Waals surface area contributed by atoms with Gasteiger partial charge in [0, 0.05) is 17.7 Å². The Morgan fingerprint density at radius 2 is 1.47 bits per heavy atom. The predicted octanol–water partition coefficient (Wildman–Crippen LogP) is 4.84. The van der Waals surface area contributed by atoms with Gasteiger partial charge in [0.2, 0.25) is 16.9 Å². The summed E-state index contributed by atoms with van der Waals surface area (Å²) >= 11 is 0. The molecule has 0 N–H and O–H groups in total. The zero-order valence-corrected chi connectivity index (χ0v) is 19.1. The Labute approximate surface area is 186 Å². The van der Waals surface area contributed by atoms with Crippen molar-refractivity contribution in [1.82, 2.24) is 0 Å². The van der Waals surface area contributed by atoms with Crippen molar-refractivity contribution >= 4 is 11.0 Å². The predicted molar refractivity (Wildman–Crippen MR) is 121 cm³/mol. The molecular formula is C24H27O8. The topological polar surface area (TPSA) is 85.6 Å². The van der Waals surface area contributed by atoms with Gasteiger partial charge in [0.15, 0.2) is 17.3 Å². The molecule has 0 bridgehead atoms. The molecule has 0 aliphatic carbocycles. The molecule has 8 heteroatoms. The van der Waals surface area contributed by atoms with Gasteiger partial charge in [-0.1, -0.05) is 13.3 Å². The van der Waals surface area contributed by atoms with E-state index < -0.39 is 0 Å². The van der Waals surface area contributed by atoms with Gasteiger partial charge >= 0.3 is 0 Å². The third-order valence-electron chi connectivity index (χ3n) is 4.88. The summed E-state index contributed by atoms with van der Waals surface area (Å²) in [6, 6.07) is 6.63. The minimum atomic E-state index is -0.373. The van der Waals surface area contributed by atoms with Gasteiger partial charge in [-0.05, 0) is 18.6 Å². The van der Waals surface area contributed by atoms with Gasteiger partial charge in [-0.15, -0.1) is 0 Å². The Hall–Kier alpha value is -3.55. The maximum Gasteiger partial charge on any atom is 0.239 e. The van der Waals surface area contributed by atoms with E-state index in [1.54, 1.807) is 30.9 Å². The quantitative estimate of drug-likeness (QED) is 0.411. The number of hydrogen-bond donors (Lipinski definition) is 0. The average molecular weight is 443 g/mol. The number of benzene rings is 2. The zero-order chi connectivity index (χ0) is 23.3. The average Bonchev–Trinajstić information content (AvgIpc) is 2.83. The highest BCUT2D eigenvalue weighted by atomic mass is 16.5. The number of fused-ring (bicyclic) bond motifs is 1. The fraction of sp³-hybridized carbons (Fsp3) is 0.333. The van der Waals surface area contributed by atoms with Crippen LogP contribution in [0.2, 0.25) is 0 Å². The van der Waals surface area contributed by atoms with E-state index in [4.69, 9.17) is 32.8 Å². The molecule has 0 aliphatic rings. The van der Waals surface area contributed by atoms with Gasteiger partial charge < -0.3 is 32.8 Å². The lowest BCUT2D eigenvalue weighted by atomic mass is 10.1. The van der Waals surface area contributed by atoms with E-state index in [-0.39, 0.29) is 27.9 Å². The molecule has 1 heterocycles. The molecule has 0 aliphatic heterocycles. The van der Waals surface area contributed by atoms with Crippen LogP contribution >= 0.6 is 0 Å². The van der Waals surface area contributed by atoms with E-state index in [9.17, 15) is 4.79 Å². The summed E-state index contributed by atoms with van der Waals surface area (Å²) in [6.45, 7) is 3.59. The summed E-state index contributed by atoms with van der Waals surface area (Å²) in [4.78, 5) is 13.5. The number of methoxy groups -OCH3 is 5. The molecule has 0 atom stereocenters. The van der Waals surface area contributed by atoms with Crippen LogP contribution in [0.15, 0.2) is 33.5 Å². The molecule has 32 heavy (non-hydrogen) atoms. The summed E-state index contributed by atoms with van der Waals surface area (Å²) in [7, 11) is 7.54. The molecule has 171 valence electrons. The van der Waals surface area contributed by atoms with Gasteiger partial charge in [-0.25, -0.2) is 0 Å². The Morgan fingerprint density at radius 1 is 0.812 bits per heavy atom. The van der Waals surface area contributed by atoms with Crippen LogP contribution in [0, 0.1) is 6.61 Å². The maximum atomic E-state index is 13.5. The fourth-order valence-electron chi connectivity index (χ4n) is 3.29. The van der Waals surface area contributed by atoms with Gasteiger partial charge in [0.05, 0.1) is 35.5 Å². The van der Waals surface area contributed by atoms with Crippen LogP contribution in [0.25, 0.3) is 22.3 Å². The molecular weight excluding hydrogens is 416 g/mol. The summed E-state index contributed by atoms with van der Waals surface area (Å²) in [5.74, 6) is 2.30. The van der Waals surface area contributed by atoms with Crippen molar-refractivity contribution in [3.05, 3.63) is 41.1 Å². The second-order valence-electron chi connectivity index (χ2n) is 6.78.